The standard InChI is InChI=1S/C21H18F2N2O3S/c1-13-11-18(25-20(26)14-3-2-4-16(23)12-14)29-19(13)21(27)24-9-10-28-17-7-5-15(22)6-8-17/h2-8,11-12H,9-10H2,1H3,(H,24,27)(H,25,26). The van der Waals surface area contributed by atoms with Crippen LogP contribution in [0.3, 0.4) is 0 Å². The Bertz CT molecular complexity index is 1020. The first kappa shape index (κ1) is 20.5. The number of hydrogen-bond acceptors (Lipinski definition) is 4. The summed E-state index contributed by atoms with van der Waals surface area (Å²) < 4.78 is 31.5. The van der Waals surface area contributed by atoms with Gasteiger partial charge in [0.2, 0.25) is 0 Å². The average molecular weight is 416 g/mol. The van der Waals surface area contributed by atoms with Gasteiger partial charge in [-0.25, -0.2) is 8.78 Å². The van der Waals surface area contributed by atoms with Crippen LogP contribution in [0.1, 0.15) is 25.6 Å². The van der Waals surface area contributed by atoms with Crippen LogP contribution in [-0.2, 0) is 0 Å². The van der Waals surface area contributed by atoms with Gasteiger partial charge < -0.3 is 15.4 Å². The summed E-state index contributed by atoms with van der Waals surface area (Å²) in [5.41, 5.74) is 0.904. The highest BCUT2D eigenvalue weighted by Gasteiger charge is 2.15. The molecule has 0 radical (unpaired) electrons. The molecule has 1 heterocycles. The molecule has 3 rings (SSSR count). The Hall–Kier alpha value is -3.26. The lowest BCUT2D eigenvalue weighted by Gasteiger charge is -2.07. The van der Waals surface area contributed by atoms with E-state index in [0.29, 0.717) is 21.2 Å². The summed E-state index contributed by atoms with van der Waals surface area (Å²) in [6.45, 7) is 2.25. The molecule has 5 nitrogen and oxygen atoms in total. The third-order valence-electron chi connectivity index (χ3n) is 3.92. The van der Waals surface area contributed by atoms with Crippen LogP contribution in [-0.4, -0.2) is 25.0 Å². The Morgan fingerprint density at radius 1 is 1.00 bits per heavy atom. The highest BCUT2D eigenvalue weighted by molar-refractivity contribution is 7.18. The molecule has 0 unspecified atom stereocenters. The molecule has 0 fully saturated rings. The highest BCUT2D eigenvalue weighted by atomic mass is 32.1. The van der Waals surface area contributed by atoms with Crippen LogP contribution in [0.2, 0.25) is 0 Å². The zero-order chi connectivity index (χ0) is 20.8. The van der Waals surface area contributed by atoms with E-state index in [9.17, 15) is 18.4 Å². The summed E-state index contributed by atoms with van der Waals surface area (Å²) >= 11 is 1.13. The number of carbonyl (C=O) groups is 2. The molecule has 0 saturated heterocycles. The van der Waals surface area contributed by atoms with Crippen molar-refractivity contribution in [1.82, 2.24) is 5.32 Å². The van der Waals surface area contributed by atoms with Gasteiger partial charge in [0.05, 0.1) is 16.4 Å². The monoisotopic (exact) mass is 416 g/mol. The number of nitrogens with one attached hydrogen (secondary N) is 2. The summed E-state index contributed by atoms with van der Waals surface area (Å²) in [5, 5.41) is 5.90. The maximum absolute atomic E-state index is 13.3. The molecule has 0 spiro atoms. The van der Waals surface area contributed by atoms with Gasteiger partial charge in [-0.15, -0.1) is 11.3 Å². The molecule has 0 aliphatic carbocycles. The molecule has 0 aliphatic heterocycles. The zero-order valence-corrected chi connectivity index (χ0v) is 16.3. The molecule has 2 amide bonds. The largest absolute Gasteiger partial charge is 0.492 e. The van der Waals surface area contributed by atoms with Crippen molar-refractivity contribution < 1.29 is 23.1 Å². The predicted octanol–water partition coefficient (Wildman–Crippen LogP) is 4.40. The van der Waals surface area contributed by atoms with Gasteiger partial charge in [0.25, 0.3) is 11.8 Å². The average Bonchev–Trinajstić information content (AvgIpc) is 3.06. The Labute approximate surface area is 170 Å². The number of hydrogen-bond donors (Lipinski definition) is 2. The summed E-state index contributed by atoms with van der Waals surface area (Å²) in [7, 11) is 0. The minimum Gasteiger partial charge on any atom is -0.492 e. The lowest BCUT2D eigenvalue weighted by atomic mass is 10.2. The quantitative estimate of drug-likeness (QED) is 0.561. The van der Waals surface area contributed by atoms with E-state index in [-0.39, 0.29) is 30.4 Å². The third kappa shape index (κ3) is 5.61. The second kappa shape index (κ2) is 9.29. The van der Waals surface area contributed by atoms with Crippen molar-refractivity contribution in [2.75, 3.05) is 18.5 Å². The second-order valence-electron chi connectivity index (χ2n) is 6.15. The van der Waals surface area contributed by atoms with Gasteiger partial charge in [0.15, 0.2) is 0 Å². The molecule has 0 bridgehead atoms. The van der Waals surface area contributed by atoms with Gasteiger partial charge in [0, 0.05) is 5.56 Å². The summed E-state index contributed by atoms with van der Waals surface area (Å²) in [6.07, 6.45) is 0. The number of halogens is 2. The van der Waals surface area contributed by atoms with Crippen molar-refractivity contribution in [1.29, 1.82) is 0 Å². The highest BCUT2D eigenvalue weighted by Crippen LogP contribution is 2.27. The molecule has 8 heteroatoms. The van der Waals surface area contributed by atoms with E-state index in [0.717, 1.165) is 17.4 Å². The topological polar surface area (TPSA) is 67.4 Å². The van der Waals surface area contributed by atoms with Crippen molar-refractivity contribution in [3.05, 3.63) is 82.2 Å². The van der Waals surface area contributed by atoms with Gasteiger partial charge >= 0.3 is 0 Å². The fourth-order valence-corrected chi connectivity index (χ4v) is 3.51. The number of thiophene rings is 1. The molecular formula is C21H18F2N2O3S. The fraction of sp³-hybridized carbons (Fsp3) is 0.143. The predicted molar refractivity (Wildman–Crippen MR) is 108 cm³/mol. The van der Waals surface area contributed by atoms with Gasteiger partial charge in [-0.2, -0.15) is 0 Å². The SMILES string of the molecule is Cc1cc(NC(=O)c2cccc(F)c2)sc1C(=O)NCCOc1ccc(F)cc1. The van der Waals surface area contributed by atoms with E-state index >= 15 is 0 Å². The van der Waals surface area contributed by atoms with Crippen molar-refractivity contribution in [3.8, 4) is 5.75 Å². The first-order valence-electron chi connectivity index (χ1n) is 8.76. The second-order valence-corrected chi connectivity index (χ2v) is 7.20. The van der Waals surface area contributed by atoms with E-state index < -0.39 is 11.7 Å². The summed E-state index contributed by atoms with van der Waals surface area (Å²) in [6, 6.07) is 12.7. The van der Waals surface area contributed by atoms with E-state index in [1.807, 2.05) is 0 Å². The minimum absolute atomic E-state index is 0.194. The van der Waals surface area contributed by atoms with Crippen molar-refractivity contribution in [3.63, 3.8) is 0 Å². The van der Waals surface area contributed by atoms with Crippen LogP contribution < -0.4 is 15.4 Å². The van der Waals surface area contributed by atoms with Crippen molar-refractivity contribution >= 4 is 28.2 Å². The third-order valence-corrected chi connectivity index (χ3v) is 5.07. The normalized spacial score (nSPS) is 10.4. The zero-order valence-electron chi connectivity index (χ0n) is 15.5. The fourth-order valence-electron chi connectivity index (χ4n) is 2.53. The maximum Gasteiger partial charge on any atom is 0.261 e. The van der Waals surface area contributed by atoms with Crippen molar-refractivity contribution in [2.45, 2.75) is 6.92 Å². The number of aryl methyl sites for hydroxylation is 1. The molecule has 29 heavy (non-hydrogen) atoms. The summed E-state index contributed by atoms with van der Waals surface area (Å²) in [4.78, 5) is 25.0. The van der Waals surface area contributed by atoms with Gasteiger partial charge in [-0.1, -0.05) is 6.07 Å². The van der Waals surface area contributed by atoms with E-state index in [4.69, 9.17) is 4.74 Å². The minimum atomic E-state index is -0.497. The molecule has 0 atom stereocenters. The van der Waals surface area contributed by atoms with Crippen LogP contribution >= 0.6 is 11.3 Å². The number of carbonyl (C=O) groups excluding carboxylic acids is 2. The maximum atomic E-state index is 13.3. The molecular weight excluding hydrogens is 398 g/mol. The number of anilines is 1. The van der Waals surface area contributed by atoms with Crippen LogP contribution in [0.4, 0.5) is 13.8 Å². The number of rotatable bonds is 7. The molecule has 1 aromatic heterocycles. The van der Waals surface area contributed by atoms with Crippen LogP contribution in [0.15, 0.2) is 54.6 Å². The molecule has 0 saturated carbocycles. The number of benzene rings is 2. The Morgan fingerprint density at radius 2 is 1.76 bits per heavy atom. The van der Waals surface area contributed by atoms with Crippen LogP contribution in [0, 0.1) is 18.6 Å². The Kier molecular flexibility index (Phi) is 6.56. The Morgan fingerprint density at radius 3 is 2.48 bits per heavy atom. The van der Waals surface area contributed by atoms with Gasteiger partial charge in [-0.05, 0) is 61.0 Å². The van der Waals surface area contributed by atoms with Gasteiger partial charge in [0.1, 0.15) is 24.0 Å². The van der Waals surface area contributed by atoms with Crippen LogP contribution in [0.25, 0.3) is 0 Å². The lowest BCUT2D eigenvalue weighted by Crippen LogP contribution is -2.27. The van der Waals surface area contributed by atoms with E-state index in [1.165, 1.54) is 42.5 Å². The van der Waals surface area contributed by atoms with Gasteiger partial charge in [-0.3, -0.25) is 9.59 Å². The Balaban J connectivity index is 1.52. The van der Waals surface area contributed by atoms with Crippen molar-refractivity contribution in [2.24, 2.45) is 0 Å². The smallest absolute Gasteiger partial charge is 0.261 e. The summed E-state index contributed by atoms with van der Waals surface area (Å²) in [5.74, 6) is -1.08. The lowest BCUT2D eigenvalue weighted by molar-refractivity contribution is 0.0949. The molecule has 0 aliphatic rings. The number of ether oxygens (including phenoxy) is 1. The molecule has 2 aromatic carbocycles. The molecule has 150 valence electrons. The molecule has 2 N–H and O–H groups in total. The van der Waals surface area contributed by atoms with Crippen LogP contribution in [0.5, 0.6) is 5.75 Å². The van der Waals surface area contributed by atoms with E-state index in [1.54, 1.807) is 13.0 Å². The molecule has 3 aromatic rings. The number of amides is 2. The van der Waals surface area contributed by atoms with E-state index in [2.05, 4.69) is 10.6 Å². The first-order valence-corrected chi connectivity index (χ1v) is 9.58. The first-order chi connectivity index (χ1) is 13.9.